The first kappa shape index (κ1) is 17.1. The van der Waals surface area contributed by atoms with Gasteiger partial charge >= 0.3 is 5.97 Å². The van der Waals surface area contributed by atoms with Gasteiger partial charge in [0.15, 0.2) is 5.69 Å². The highest BCUT2D eigenvalue weighted by Crippen LogP contribution is 2.26. The minimum Gasteiger partial charge on any atom is -0.481 e. The number of rotatable bonds is 3. The zero-order valence-corrected chi connectivity index (χ0v) is 14.1. The maximum atomic E-state index is 13.1. The largest absolute Gasteiger partial charge is 0.481 e. The summed E-state index contributed by atoms with van der Waals surface area (Å²) in [5, 5.41) is 13.7. The van der Waals surface area contributed by atoms with E-state index in [-0.39, 0.29) is 17.8 Å². The fraction of sp³-hybridized carbons (Fsp3) is 0.389. The van der Waals surface area contributed by atoms with Gasteiger partial charge in [-0.25, -0.2) is 9.07 Å². The second kappa shape index (κ2) is 6.66. The van der Waals surface area contributed by atoms with Gasteiger partial charge in [-0.05, 0) is 51.0 Å². The van der Waals surface area contributed by atoms with Gasteiger partial charge in [0.25, 0.3) is 5.91 Å². The summed E-state index contributed by atoms with van der Waals surface area (Å²) in [7, 11) is 0. The van der Waals surface area contributed by atoms with E-state index in [0.29, 0.717) is 36.3 Å². The van der Waals surface area contributed by atoms with E-state index < -0.39 is 11.9 Å². The molecule has 0 unspecified atom stereocenters. The molecular weight excluding hydrogens is 325 g/mol. The first-order chi connectivity index (χ1) is 11.9. The van der Waals surface area contributed by atoms with Crippen molar-refractivity contribution in [1.82, 2.24) is 14.7 Å². The molecule has 1 aromatic carbocycles. The summed E-state index contributed by atoms with van der Waals surface area (Å²) in [6, 6.07) is 5.45. The standard InChI is InChI=1S/C18H20FN3O3/c1-11-10-22(14-7-5-13(19)6-8-14)20-16(11)17(23)21-9-3-4-15(12(21)2)18(24)25/h5-8,10,12,15H,3-4,9H2,1-2H3,(H,24,25)/t12-,15-/m1/s1. The molecular formula is C18H20FN3O3. The molecule has 2 heterocycles. The molecule has 1 N–H and O–H groups in total. The molecule has 3 rings (SSSR count). The quantitative estimate of drug-likeness (QED) is 0.928. The fourth-order valence-corrected chi connectivity index (χ4v) is 3.29. The molecule has 1 aliphatic heterocycles. The van der Waals surface area contributed by atoms with Crippen LogP contribution in [0.4, 0.5) is 4.39 Å². The van der Waals surface area contributed by atoms with Crippen LogP contribution in [0.25, 0.3) is 5.69 Å². The summed E-state index contributed by atoms with van der Waals surface area (Å²) in [5.74, 6) is -2.04. The average Bonchev–Trinajstić information content (AvgIpc) is 2.96. The fourth-order valence-electron chi connectivity index (χ4n) is 3.29. The monoisotopic (exact) mass is 345 g/mol. The molecule has 1 saturated heterocycles. The van der Waals surface area contributed by atoms with Crippen LogP contribution in [0.15, 0.2) is 30.5 Å². The Bertz CT molecular complexity index is 800. The van der Waals surface area contributed by atoms with Gasteiger partial charge in [0.05, 0.1) is 11.6 Å². The number of carbonyl (C=O) groups is 2. The lowest BCUT2D eigenvalue weighted by molar-refractivity contribution is -0.144. The number of aliphatic carboxylic acids is 1. The van der Waals surface area contributed by atoms with Crippen molar-refractivity contribution in [1.29, 1.82) is 0 Å². The Morgan fingerprint density at radius 2 is 1.96 bits per heavy atom. The van der Waals surface area contributed by atoms with Gasteiger partial charge in [-0.3, -0.25) is 9.59 Å². The van der Waals surface area contributed by atoms with E-state index in [1.165, 1.54) is 16.8 Å². The number of amides is 1. The van der Waals surface area contributed by atoms with Crippen LogP contribution in [-0.4, -0.2) is 44.3 Å². The Morgan fingerprint density at radius 3 is 2.60 bits per heavy atom. The molecule has 6 nitrogen and oxygen atoms in total. The van der Waals surface area contributed by atoms with Crippen molar-refractivity contribution in [2.24, 2.45) is 5.92 Å². The predicted molar refractivity (Wildman–Crippen MR) is 89.1 cm³/mol. The molecule has 132 valence electrons. The van der Waals surface area contributed by atoms with Gasteiger partial charge in [0.1, 0.15) is 5.82 Å². The average molecular weight is 345 g/mol. The van der Waals surface area contributed by atoms with Crippen LogP contribution in [0.2, 0.25) is 0 Å². The van der Waals surface area contributed by atoms with Crippen molar-refractivity contribution in [2.75, 3.05) is 6.54 Å². The second-order valence-corrected chi connectivity index (χ2v) is 6.41. The van der Waals surface area contributed by atoms with E-state index in [4.69, 9.17) is 0 Å². The van der Waals surface area contributed by atoms with Crippen molar-refractivity contribution < 1.29 is 19.1 Å². The Balaban J connectivity index is 1.87. The van der Waals surface area contributed by atoms with Gasteiger partial charge in [-0.2, -0.15) is 5.10 Å². The number of likely N-dealkylation sites (tertiary alicyclic amines) is 1. The second-order valence-electron chi connectivity index (χ2n) is 6.41. The van der Waals surface area contributed by atoms with Crippen molar-refractivity contribution in [3.8, 4) is 5.69 Å². The Labute approximate surface area is 144 Å². The molecule has 0 aliphatic carbocycles. The van der Waals surface area contributed by atoms with Crippen molar-refractivity contribution >= 4 is 11.9 Å². The SMILES string of the molecule is Cc1cn(-c2ccc(F)cc2)nc1C(=O)N1CCC[C@@H](C(=O)O)[C@H]1C. The molecule has 2 atom stereocenters. The highest BCUT2D eigenvalue weighted by atomic mass is 19.1. The topological polar surface area (TPSA) is 75.4 Å². The third-order valence-electron chi connectivity index (χ3n) is 4.76. The highest BCUT2D eigenvalue weighted by molar-refractivity contribution is 5.94. The maximum absolute atomic E-state index is 13.1. The lowest BCUT2D eigenvalue weighted by Crippen LogP contribution is -2.49. The van der Waals surface area contributed by atoms with Crippen molar-refractivity contribution in [3.63, 3.8) is 0 Å². The maximum Gasteiger partial charge on any atom is 0.308 e. The number of piperidine rings is 1. The number of hydrogen-bond acceptors (Lipinski definition) is 3. The van der Waals surface area contributed by atoms with Gasteiger partial charge in [0, 0.05) is 24.3 Å². The van der Waals surface area contributed by atoms with Crippen LogP contribution in [0, 0.1) is 18.7 Å². The number of carboxylic acids is 1. The first-order valence-corrected chi connectivity index (χ1v) is 8.24. The molecule has 25 heavy (non-hydrogen) atoms. The van der Waals surface area contributed by atoms with Crippen LogP contribution >= 0.6 is 0 Å². The van der Waals surface area contributed by atoms with Crippen LogP contribution in [-0.2, 0) is 4.79 Å². The summed E-state index contributed by atoms with van der Waals surface area (Å²) in [6.45, 7) is 4.07. The predicted octanol–water partition coefficient (Wildman–Crippen LogP) is 2.65. The van der Waals surface area contributed by atoms with Crippen LogP contribution in [0.1, 0.15) is 35.8 Å². The van der Waals surface area contributed by atoms with E-state index in [0.717, 1.165) is 0 Å². The molecule has 1 fully saturated rings. The van der Waals surface area contributed by atoms with Gasteiger partial charge in [-0.15, -0.1) is 0 Å². The highest BCUT2D eigenvalue weighted by Gasteiger charge is 2.36. The summed E-state index contributed by atoms with van der Waals surface area (Å²) in [6.07, 6.45) is 2.94. The van der Waals surface area contributed by atoms with Gasteiger partial charge < -0.3 is 10.0 Å². The molecule has 0 saturated carbocycles. The third kappa shape index (κ3) is 3.26. The van der Waals surface area contributed by atoms with E-state index in [1.54, 1.807) is 37.1 Å². The molecule has 1 amide bonds. The summed E-state index contributed by atoms with van der Waals surface area (Å²) in [4.78, 5) is 25.8. The van der Waals surface area contributed by atoms with Gasteiger partial charge in [0.2, 0.25) is 0 Å². The first-order valence-electron chi connectivity index (χ1n) is 8.24. The number of nitrogens with zero attached hydrogens (tertiary/aromatic N) is 3. The Morgan fingerprint density at radius 1 is 1.28 bits per heavy atom. The number of halogens is 1. The molecule has 0 radical (unpaired) electrons. The number of carboxylic acid groups (broad SMARTS) is 1. The van der Waals surface area contributed by atoms with Crippen LogP contribution in [0.3, 0.4) is 0 Å². The summed E-state index contributed by atoms with van der Waals surface area (Å²) in [5.41, 5.74) is 1.64. The van der Waals surface area contributed by atoms with Crippen LogP contribution in [0.5, 0.6) is 0 Å². The van der Waals surface area contributed by atoms with E-state index in [1.807, 2.05) is 0 Å². The lowest BCUT2D eigenvalue weighted by atomic mass is 9.90. The molecule has 2 aromatic rings. The zero-order valence-electron chi connectivity index (χ0n) is 14.1. The summed E-state index contributed by atoms with van der Waals surface area (Å²) >= 11 is 0. The minimum absolute atomic E-state index is 0.267. The molecule has 1 aromatic heterocycles. The van der Waals surface area contributed by atoms with Crippen LogP contribution < -0.4 is 0 Å². The minimum atomic E-state index is -0.876. The zero-order chi connectivity index (χ0) is 18.1. The van der Waals surface area contributed by atoms with E-state index in [2.05, 4.69) is 5.10 Å². The molecule has 0 bridgehead atoms. The summed E-state index contributed by atoms with van der Waals surface area (Å²) < 4.78 is 14.6. The van der Waals surface area contributed by atoms with Gasteiger partial charge in [-0.1, -0.05) is 0 Å². The number of carbonyl (C=O) groups excluding carboxylic acids is 1. The number of aromatic nitrogens is 2. The smallest absolute Gasteiger partial charge is 0.308 e. The third-order valence-corrected chi connectivity index (χ3v) is 4.76. The van der Waals surface area contributed by atoms with Crippen molar-refractivity contribution in [2.45, 2.75) is 32.7 Å². The van der Waals surface area contributed by atoms with E-state index >= 15 is 0 Å². The normalized spacial score (nSPS) is 20.5. The number of hydrogen-bond donors (Lipinski definition) is 1. The van der Waals surface area contributed by atoms with Crippen molar-refractivity contribution in [3.05, 3.63) is 47.5 Å². The Hall–Kier alpha value is -2.70. The molecule has 0 spiro atoms. The number of benzene rings is 1. The lowest BCUT2D eigenvalue weighted by Gasteiger charge is -2.37. The number of aryl methyl sites for hydroxylation is 1. The molecule has 1 aliphatic rings. The molecule has 7 heteroatoms. The Kier molecular flexibility index (Phi) is 4.57. The van der Waals surface area contributed by atoms with E-state index in [9.17, 15) is 19.1 Å².